The van der Waals surface area contributed by atoms with Crippen molar-refractivity contribution in [2.45, 2.75) is 38.8 Å². The highest BCUT2D eigenvalue weighted by Crippen LogP contribution is 2.03. The van der Waals surface area contributed by atoms with E-state index in [1.54, 1.807) is 0 Å². The van der Waals surface area contributed by atoms with Crippen LogP contribution in [-0.2, 0) is 4.79 Å². The normalized spacial score (nSPS) is 23.1. The molecule has 4 N–H and O–H groups in total. The summed E-state index contributed by atoms with van der Waals surface area (Å²) in [5.74, 6) is 0.181. The molecule has 0 aromatic carbocycles. The van der Waals surface area contributed by atoms with E-state index in [0.29, 0.717) is 0 Å². The number of hydrogen-bond donors (Lipinski definition) is 3. The van der Waals surface area contributed by atoms with Gasteiger partial charge in [0.1, 0.15) is 0 Å². The molecule has 1 amide bonds. The molecule has 5 heteroatoms. The highest BCUT2D eigenvalue weighted by Gasteiger charge is 2.21. The third-order valence-electron chi connectivity index (χ3n) is 2.66. The van der Waals surface area contributed by atoms with Gasteiger partial charge in [-0.3, -0.25) is 4.79 Å². The van der Waals surface area contributed by atoms with Crippen LogP contribution in [0.1, 0.15) is 26.7 Å². The summed E-state index contributed by atoms with van der Waals surface area (Å²) in [5, 5.41) is 6.23. The number of halogens is 1. The lowest BCUT2D eigenvalue weighted by molar-refractivity contribution is -0.124. The first-order valence-corrected chi connectivity index (χ1v) is 5.38. The van der Waals surface area contributed by atoms with Gasteiger partial charge in [0.2, 0.25) is 5.91 Å². The summed E-state index contributed by atoms with van der Waals surface area (Å²) < 4.78 is 0. The molecule has 0 aliphatic carbocycles. The van der Waals surface area contributed by atoms with Crippen molar-refractivity contribution in [3.8, 4) is 0 Å². The molecule has 15 heavy (non-hydrogen) atoms. The Morgan fingerprint density at radius 3 is 2.67 bits per heavy atom. The number of nitrogens with two attached hydrogens (primary N) is 1. The second-order valence-corrected chi connectivity index (χ2v) is 4.32. The van der Waals surface area contributed by atoms with E-state index in [-0.39, 0.29) is 36.3 Å². The van der Waals surface area contributed by atoms with Crippen LogP contribution in [0.2, 0.25) is 0 Å². The van der Waals surface area contributed by atoms with Gasteiger partial charge in [0.15, 0.2) is 0 Å². The van der Waals surface area contributed by atoms with Gasteiger partial charge in [0.25, 0.3) is 0 Å². The van der Waals surface area contributed by atoms with Gasteiger partial charge in [-0.2, -0.15) is 0 Å². The fourth-order valence-corrected chi connectivity index (χ4v) is 1.58. The van der Waals surface area contributed by atoms with Crippen LogP contribution in [0.25, 0.3) is 0 Å². The Balaban J connectivity index is 0.00000196. The summed E-state index contributed by atoms with van der Waals surface area (Å²) in [4.78, 5) is 11.6. The second-order valence-electron chi connectivity index (χ2n) is 4.32. The maximum absolute atomic E-state index is 11.6. The molecule has 0 radical (unpaired) electrons. The Morgan fingerprint density at radius 2 is 2.20 bits per heavy atom. The molecule has 1 fully saturated rings. The Kier molecular flexibility index (Phi) is 6.89. The Morgan fingerprint density at radius 1 is 1.53 bits per heavy atom. The number of carbonyl (C=O) groups excluding carboxylic acids is 1. The molecule has 0 unspecified atom stereocenters. The summed E-state index contributed by atoms with van der Waals surface area (Å²) in [7, 11) is 0. The zero-order chi connectivity index (χ0) is 10.6. The number of amides is 1. The third-order valence-corrected chi connectivity index (χ3v) is 2.66. The van der Waals surface area contributed by atoms with E-state index in [1.165, 1.54) is 0 Å². The largest absolute Gasteiger partial charge is 0.351 e. The van der Waals surface area contributed by atoms with Gasteiger partial charge in [-0.05, 0) is 25.3 Å². The van der Waals surface area contributed by atoms with E-state index in [0.717, 1.165) is 25.9 Å². The predicted molar refractivity (Wildman–Crippen MR) is 64.1 cm³/mol. The first-order chi connectivity index (χ1) is 6.61. The summed E-state index contributed by atoms with van der Waals surface area (Å²) in [6.45, 7) is 5.85. The molecular weight excluding hydrogens is 214 g/mol. The monoisotopic (exact) mass is 235 g/mol. The molecule has 1 rings (SSSR count). The minimum Gasteiger partial charge on any atom is -0.351 e. The van der Waals surface area contributed by atoms with Crippen molar-refractivity contribution < 1.29 is 4.79 Å². The third kappa shape index (κ3) is 4.82. The SMILES string of the molecule is CC(C)[C@@H](N)C(=O)N[C@@H]1CCCNC1.Cl. The zero-order valence-electron chi connectivity index (χ0n) is 9.45. The van der Waals surface area contributed by atoms with Gasteiger partial charge in [0.05, 0.1) is 6.04 Å². The van der Waals surface area contributed by atoms with Crippen LogP contribution in [0, 0.1) is 5.92 Å². The van der Waals surface area contributed by atoms with Crippen LogP contribution in [0.4, 0.5) is 0 Å². The van der Waals surface area contributed by atoms with Crippen molar-refractivity contribution in [1.82, 2.24) is 10.6 Å². The first-order valence-electron chi connectivity index (χ1n) is 5.38. The van der Waals surface area contributed by atoms with E-state index in [2.05, 4.69) is 10.6 Å². The number of piperidine rings is 1. The lowest BCUT2D eigenvalue weighted by Crippen LogP contribution is -2.52. The predicted octanol–water partition coefficient (Wildman–Crippen LogP) is 0.260. The molecule has 0 aromatic heterocycles. The number of nitrogens with one attached hydrogen (secondary N) is 2. The van der Waals surface area contributed by atoms with Crippen LogP contribution >= 0.6 is 12.4 Å². The van der Waals surface area contributed by atoms with Gasteiger partial charge in [-0.15, -0.1) is 12.4 Å². The Hall–Kier alpha value is -0.320. The smallest absolute Gasteiger partial charge is 0.237 e. The molecule has 90 valence electrons. The fraction of sp³-hybridized carbons (Fsp3) is 0.900. The van der Waals surface area contributed by atoms with Crippen LogP contribution in [0.15, 0.2) is 0 Å². The van der Waals surface area contributed by atoms with E-state index in [4.69, 9.17) is 5.73 Å². The van der Waals surface area contributed by atoms with Crippen molar-refractivity contribution in [2.75, 3.05) is 13.1 Å². The first kappa shape index (κ1) is 14.7. The molecule has 1 heterocycles. The van der Waals surface area contributed by atoms with Gasteiger partial charge in [-0.1, -0.05) is 13.8 Å². The lowest BCUT2D eigenvalue weighted by Gasteiger charge is -2.26. The molecule has 4 nitrogen and oxygen atoms in total. The molecule has 1 aliphatic rings. The zero-order valence-corrected chi connectivity index (χ0v) is 10.3. The number of hydrogen-bond acceptors (Lipinski definition) is 3. The van der Waals surface area contributed by atoms with Crippen molar-refractivity contribution in [3.05, 3.63) is 0 Å². The van der Waals surface area contributed by atoms with E-state index < -0.39 is 0 Å². The molecule has 1 aliphatic heterocycles. The molecule has 0 saturated carbocycles. The van der Waals surface area contributed by atoms with Crippen molar-refractivity contribution >= 4 is 18.3 Å². The van der Waals surface area contributed by atoms with Gasteiger partial charge >= 0.3 is 0 Å². The molecule has 1 saturated heterocycles. The lowest BCUT2D eigenvalue weighted by atomic mass is 10.0. The number of carbonyl (C=O) groups is 1. The van der Waals surface area contributed by atoms with Crippen LogP contribution < -0.4 is 16.4 Å². The maximum Gasteiger partial charge on any atom is 0.237 e. The van der Waals surface area contributed by atoms with E-state index in [9.17, 15) is 4.79 Å². The van der Waals surface area contributed by atoms with Gasteiger partial charge in [0, 0.05) is 12.6 Å². The molecule has 0 aromatic rings. The average Bonchev–Trinajstić information content (AvgIpc) is 2.18. The highest BCUT2D eigenvalue weighted by atomic mass is 35.5. The number of rotatable bonds is 3. The van der Waals surface area contributed by atoms with Crippen molar-refractivity contribution in [3.63, 3.8) is 0 Å². The molecule has 0 bridgehead atoms. The average molecular weight is 236 g/mol. The second kappa shape index (κ2) is 7.04. The van der Waals surface area contributed by atoms with E-state index in [1.807, 2.05) is 13.8 Å². The summed E-state index contributed by atoms with van der Waals surface area (Å²) in [5.41, 5.74) is 5.74. The maximum atomic E-state index is 11.6. The standard InChI is InChI=1S/C10H21N3O.ClH/c1-7(2)9(11)10(14)13-8-4-3-5-12-6-8;/h7-9,12H,3-6,11H2,1-2H3,(H,13,14);1H/t8-,9-;/m1./s1. The topological polar surface area (TPSA) is 67.2 Å². The van der Waals surface area contributed by atoms with Crippen LogP contribution in [0.5, 0.6) is 0 Å². The van der Waals surface area contributed by atoms with Crippen molar-refractivity contribution in [1.29, 1.82) is 0 Å². The summed E-state index contributed by atoms with van der Waals surface area (Å²) in [6.07, 6.45) is 2.19. The Labute approximate surface area is 97.8 Å². The molecule has 2 atom stereocenters. The van der Waals surface area contributed by atoms with E-state index >= 15 is 0 Å². The molecule has 0 spiro atoms. The minimum atomic E-state index is -0.378. The quantitative estimate of drug-likeness (QED) is 0.658. The van der Waals surface area contributed by atoms with Crippen LogP contribution in [-0.4, -0.2) is 31.1 Å². The summed E-state index contributed by atoms with van der Waals surface area (Å²) in [6, 6.07) is -0.113. The van der Waals surface area contributed by atoms with Crippen molar-refractivity contribution in [2.24, 2.45) is 11.7 Å². The van der Waals surface area contributed by atoms with Gasteiger partial charge < -0.3 is 16.4 Å². The summed E-state index contributed by atoms with van der Waals surface area (Å²) >= 11 is 0. The molecular formula is C10H22ClN3O. The minimum absolute atomic E-state index is 0. The Bertz CT molecular complexity index is 193. The van der Waals surface area contributed by atoms with Gasteiger partial charge in [-0.25, -0.2) is 0 Å². The highest BCUT2D eigenvalue weighted by molar-refractivity contribution is 5.85. The fourth-order valence-electron chi connectivity index (χ4n) is 1.58. The van der Waals surface area contributed by atoms with Crippen LogP contribution in [0.3, 0.4) is 0 Å².